The summed E-state index contributed by atoms with van der Waals surface area (Å²) in [5.41, 5.74) is 1.04. The molecule has 0 unspecified atom stereocenters. The van der Waals surface area contributed by atoms with Crippen LogP contribution in [0.3, 0.4) is 0 Å². The maximum Gasteiger partial charge on any atom is 0.289 e. The Hall–Kier alpha value is -1.88. The minimum Gasteiger partial charge on any atom is -0.395 e. The summed E-state index contributed by atoms with van der Waals surface area (Å²) in [6.45, 7) is 2.22. The molecule has 2 N–H and O–H groups in total. The average Bonchev–Trinajstić information content (AvgIpc) is 2.48. The Morgan fingerprint density at radius 1 is 1.37 bits per heavy atom. The molecule has 1 amide bonds. The molecule has 1 heterocycles. The van der Waals surface area contributed by atoms with Gasteiger partial charge in [-0.05, 0) is 12.0 Å². The average molecular weight is 261 g/mol. The first kappa shape index (κ1) is 13.5. The summed E-state index contributed by atoms with van der Waals surface area (Å²) >= 11 is 0. The molecular formula is C14H19N3O2. The summed E-state index contributed by atoms with van der Waals surface area (Å²) in [5.74, 6) is 0.272. The van der Waals surface area contributed by atoms with Crippen LogP contribution in [0.1, 0.15) is 12.0 Å². The van der Waals surface area contributed by atoms with E-state index in [-0.39, 0.29) is 12.5 Å². The maximum absolute atomic E-state index is 12.3. The van der Waals surface area contributed by atoms with Gasteiger partial charge in [0.2, 0.25) is 0 Å². The van der Waals surface area contributed by atoms with Crippen molar-refractivity contribution in [2.45, 2.75) is 13.0 Å². The van der Waals surface area contributed by atoms with Crippen molar-refractivity contribution >= 4 is 11.7 Å². The van der Waals surface area contributed by atoms with E-state index in [4.69, 9.17) is 5.11 Å². The van der Waals surface area contributed by atoms with Crippen LogP contribution in [-0.2, 0) is 11.3 Å². The highest BCUT2D eigenvalue weighted by atomic mass is 16.3. The molecule has 0 spiro atoms. The number of nitrogens with zero attached hydrogens (tertiary/aromatic N) is 2. The third kappa shape index (κ3) is 3.79. The molecule has 2 rings (SSSR count). The highest BCUT2D eigenvalue weighted by molar-refractivity contribution is 6.37. The Kier molecular flexibility index (Phi) is 4.92. The fraction of sp³-hybridized carbons (Fsp3) is 0.429. The first-order chi connectivity index (χ1) is 9.31. The summed E-state index contributed by atoms with van der Waals surface area (Å²) in [6.07, 6.45) is 0.954. The minimum absolute atomic E-state index is 0.0497. The predicted molar refractivity (Wildman–Crippen MR) is 73.9 cm³/mol. The number of carbonyl (C=O) groups is 1. The van der Waals surface area contributed by atoms with E-state index in [1.54, 1.807) is 4.90 Å². The van der Waals surface area contributed by atoms with Crippen LogP contribution < -0.4 is 5.32 Å². The lowest BCUT2D eigenvalue weighted by Crippen LogP contribution is -2.45. The van der Waals surface area contributed by atoms with Gasteiger partial charge in [0.05, 0.1) is 6.61 Å². The van der Waals surface area contributed by atoms with E-state index >= 15 is 0 Å². The van der Waals surface area contributed by atoms with Gasteiger partial charge in [-0.15, -0.1) is 0 Å². The summed E-state index contributed by atoms with van der Waals surface area (Å²) in [7, 11) is 0. The zero-order chi connectivity index (χ0) is 13.5. The Morgan fingerprint density at radius 3 is 2.79 bits per heavy atom. The van der Waals surface area contributed by atoms with Gasteiger partial charge in [0.15, 0.2) is 5.84 Å². The highest BCUT2D eigenvalue weighted by Gasteiger charge is 2.20. The lowest BCUT2D eigenvalue weighted by molar-refractivity contribution is -0.125. The topological polar surface area (TPSA) is 64.9 Å². The first-order valence-corrected chi connectivity index (χ1v) is 6.53. The van der Waals surface area contributed by atoms with Crippen molar-refractivity contribution in [3.8, 4) is 0 Å². The molecule has 19 heavy (non-hydrogen) atoms. The number of amidine groups is 1. The van der Waals surface area contributed by atoms with Gasteiger partial charge < -0.3 is 15.3 Å². The fourth-order valence-corrected chi connectivity index (χ4v) is 2.00. The van der Waals surface area contributed by atoms with Gasteiger partial charge in [-0.25, -0.2) is 0 Å². The van der Waals surface area contributed by atoms with E-state index in [9.17, 15) is 4.79 Å². The van der Waals surface area contributed by atoms with Crippen LogP contribution in [0.15, 0.2) is 35.3 Å². The van der Waals surface area contributed by atoms with Crippen molar-refractivity contribution in [3.63, 3.8) is 0 Å². The molecule has 0 radical (unpaired) electrons. The number of aliphatic imine (C=N–C) groups is 1. The highest BCUT2D eigenvalue weighted by Crippen LogP contribution is 2.05. The van der Waals surface area contributed by atoms with Crippen LogP contribution >= 0.6 is 0 Å². The zero-order valence-corrected chi connectivity index (χ0v) is 10.9. The molecule has 0 atom stereocenters. The Balaban J connectivity index is 2.06. The number of nitrogens with one attached hydrogen (secondary N) is 1. The summed E-state index contributed by atoms with van der Waals surface area (Å²) in [6, 6.07) is 9.75. The fourth-order valence-electron chi connectivity index (χ4n) is 2.00. The van der Waals surface area contributed by atoms with Gasteiger partial charge in [0.25, 0.3) is 5.91 Å². The number of aliphatic hydroxyl groups excluding tert-OH is 1. The van der Waals surface area contributed by atoms with Gasteiger partial charge in [0.1, 0.15) is 0 Å². The molecule has 0 fully saturated rings. The summed E-state index contributed by atoms with van der Waals surface area (Å²) in [5, 5.41) is 12.1. The molecule has 0 saturated heterocycles. The molecule has 0 aliphatic carbocycles. The molecule has 5 heteroatoms. The lowest BCUT2D eigenvalue weighted by atomic mass is 10.2. The minimum atomic E-state index is -0.141. The standard InChI is InChI=1S/C14H19N3O2/c18-10-9-17(11-12-5-2-1-3-6-12)14(19)13-15-7-4-8-16-13/h1-3,5-6,18H,4,7-11H2,(H,15,16). The van der Waals surface area contributed by atoms with E-state index < -0.39 is 0 Å². The van der Waals surface area contributed by atoms with Crippen LogP contribution in [0.5, 0.6) is 0 Å². The number of benzene rings is 1. The molecule has 1 aliphatic heterocycles. The largest absolute Gasteiger partial charge is 0.395 e. The van der Waals surface area contributed by atoms with Crippen LogP contribution in [0, 0.1) is 0 Å². The Labute approximate surface area is 113 Å². The third-order valence-electron chi connectivity index (χ3n) is 2.97. The van der Waals surface area contributed by atoms with Crippen LogP contribution in [0.2, 0.25) is 0 Å². The Morgan fingerprint density at radius 2 is 2.16 bits per heavy atom. The van der Waals surface area contributed by atoms with Crippen LogP contribution in [0.25, 0.3) is 0 Å². The van der Waals surface area contributed by atoms with Gasteiger partial charge in [-0.1, -0.05) is 30.3 Å². The van der Waals surface area contributed by atoms with Crippen molar-refractivity contribution in [2.24, 2.45) is 4.99 Å². The number of carbonyl (C=O) groups excluding carboxylic acids is 1. The second-order valence-electron chi connectivity index (χ2n) is 4.45. The van der Waals surface area contributed by atoms with E-state index in [0.29, 0.717) is 25.5 Å². The van der Waals surface area contributed by atoms with Crippen LogP contribution in [0.4, 0.5) is 0 Å². The summed E-state index contributed by atoms with van der Waals surface area (Å²) in [4.78, 5) is 18.1. The van der Waals surface area contributed by atoms with Crippen molar-refractivity contribution < 1.29 is 9.90 Å². The second kappa shape index (κ2) is 6.89. The van der Waals surface area contributed by atoms with Gasteiger partial charge in [-0.2, -0.15) is 0 Å². The molecule has 1 aliphatic rings. The molecule has 0 saturated carbocycles. The molecule has 1 aromatic carbocycles. The number of rotatable bonds is 5. The van der Waals surface area contributed by atoms with E-state index in [1.807, 2.05) is 30.3 Å². The van der Waals surface area contributed by atoms with Crippen molar-refractivity contribution in [2.75, 3.05) is 26.2 Å². The molecule has 0 aromatic heterocycles. The van der Waals surface area contributed by atoms with Gasteiger partial charge in [-0.3, -0.25) is 9.79 Å². The number of hydrogen-bond acceptors (Lipinski definition) is 4. The monoisotopic (exact) mass is 261 g/mol. The van der Waals surface area contributed by atoms with Crippen molar-refractivity contribution in [3.05, 3.63) is 35.9 Å². The number of amides is 1. The summed E-state index contributed by atoms with van der Waals surface area (Å²) < 4.78 is 0. The van der Waals surface area contributed by atoms with Crippen LogP contribution in [-0.4, -0.2) is 48.0 Å². The lowest BCUT2D eigenvalue weighted by Gasteiger charge is -2.24. The maximum atomic E-state index is 12.3. The second-order valence-corrected chi connectivity index (χ2v) is 4.45. The predicted octanol–water partition coefficient (Wildman–Crippen LogP) is 0.399. The molecule has 0 bridgehead atoms. The number of aliphatic hydroxyl groups is 1. The van der Waals surface area contributed by atoms with Gasteiger partial charge in [0, 0.05) is 26.2 Å². The van der Waals surface area contributed by atoms with E-state index in [1.165, 1.54) is 0 Å². The smallest absolute Gasteiger partial charge is 0.289 e. The quantitative estimate of drug-likeness (QED) is 0.806. The number of hydrogen-bond donors (Lipinski definition) is 2. The molecular weight excluding hydrogens is 242 g/mol. The normalized spacial score (nSPS) is 14.5. The Bertz CT molecular complexity index is 445. The molecule has 1 aromatic rings. The SMILES string of the molecule is O=C(C1=NCCCN1)N(CCO)Cc1ccccc1. The van der Waals surface area contributed by atoms with Gasteiger partial charge >= 0.3 is 0 Å². The zero-order valence-electron chi connectivity index (χ0n) is 10.9. The third-order valence-corrected chi connectivity index (χ3v) is 2.97. The van der Waals surface area contributed by atoms with E-state index in [2.05, 4.69) is 10.3 Å². The van der Waals surface area contributed by atoms with Crippen molar-refractivity contribution in [1.29, 1.82) is 0 Å². The molecule has 102 valence electrons. The first-order valence-electron chi connectivity index (χ1n) is 6.53. The molecule has 5 nitrogen and oxygen atoms in total. The van der Waals surface area contributed by atoms with E-state index in [0.717, 1.165) is 18.5 Å². The van der Waals surface area contributed by atoms with Crippen molar-refractivity contribution in [1.82, 2.24) is 10.2 Å².